The summed E-state index contributed by atoms with van der Waals surface area (Å²) in [5.74, 6) is -0.807. The van der Waals surface area contributed by atoms with E-state index in [-0.39, 0.29) is 18.2 Å². The van der Waals surface area contributed by atoms with Gasteiger partial charge in [-0.05, 0) is 18.4 Å². The first-order chi connectivity index (χ1) is 8.99. The molecule has 0 spiro atoms. The number of benzene rings is 1. The molecular formula is C13H18N2O3S. The number of sulfonamides is 1. The van der Waals surface area contributed by atoms with E-state index < -0.39 is 15.9 Å². The van der Waals surface area contributed by atoms with E-state index in [4.69, 9.17) is 5.73 Å². The first kappa shape index (κ1) is 14.0. The Bertz CT molecular complexity index is 542. The van der Waals surface area contributed by atoms with Gasteiger partial charge < -0.3 is 5.73 Å². The van der Waals surface area contributed by atoms with E-state index >= 15 is 0 Å². The molecule has 5 nitrogen and oxygen atoms in total. The van der Waals surface area contributed by atoms with E-state index in [1.165, 1.54) is 4.31 Å². The van der Waals surface area contributed by atoms with Crippen LogP contribution in [0.3, 0.4) is 0 Å². The van der Waals surface area contributed by atoms with Crippen molar-refractivity contribution in [1.29, 1.82) is 0 Å². The molecule has 1 aromatic carbocycles. The molecule has 1 amide bonds. The highest BCUT2D eigenvalue weighted by atomic mass is 32.2. The molecular weight excluding hydrogens is 264 g/mol. The standard InChI is InChI=1S/C13H18N2O3S/c14-13(16)12-7-4-8-15(9-12)19(17,18)10-11-5-2-1-3-6-11/h1-3,5-6,12H,4,7-10H2,(H2,14,16). The quantitative estimate of drug-likeness (QED) is 0.883. The third-order valence-electron chi connectivity index (χ3n) is 3.37. The van der Waals surface area contributed by atoms with Crippen molar-refractivity contribution in [2.75, 3.05) is 13.1 Å². The number of piperidine rings is 1. The Hall–Kier alpha value is -1.40. The molecule has 2 N–H and O–H groups in total. The molecule has 0 saturated carbocycles. The number of primary amides is 1. The zero-order valence-corrected chi connectivity index (χ0v) is 11.5. The van der Waals surface area contributed by atoms with Crippen LogP contribution in [0.25, 0.3) is 0 Å². The molecule has 104 valence electrons. The summed E-state index contributed by atoms with van der Waals surface area (Å²) in [5, 5.41) is 0. The van der Waals surface area contributed by atoms with Gasteiger partial charge in [-0.15, -0.1) is 0 Å². The molecule has 1 fully saturated rings. The van der Waals surface area contributed by atoms with Crippen molar-refractivity contribution in [2.24, 2.45) is 11.7 Å². The fourth-order valence-corrected chi connectivity index (χ4v) is 3.91. The highest BCUT2D eigenvalue weighted by Gasteiger charge is 2.31. The lowest BCUT2D eigenvalue weighted by Crippen LogP contribution is -2.44. The summed E-state index contributed by atoms with van der Waals surface area (Å²) in [7, 11) is -3.38. The number of rotatable bonds is 4. The van der Waals surface area contributed by atoms with Crippen LogP contribution in [0.1, 0.15) is 18.4 Å². The number of carbonyl (C=O) groups is 1. The van der Waals surface area contributed by atoms with Gasteiger partial charge in [0.25, 0.3) is 0 Å². The molecule has 1 atom stereocenters. The first-order valence-corrected chi connectivity index (χ1v) is 7.91. The van der Waals surface area contributed by atoms with E-state index in [9.17, 15) is 13.2 Å². The largest absolute Gasteiger partial charge is 0.369 e. The van der Waals surface area contributed by atoms with Gasteiger partial charge in [-0.1, -0.05) is 30.3 Å². The van der Waals surface area contributed by atoms with E-state index in [0.717, 1.165) is 5.56 Å². The highest BCUT2D eigenvalue weighted by Crippen LogP contribution is 2.21. The summed E-state index contributed by atoms with van der Waals surface area (Å²) in [6.07, 6.45) is 1.36. The Labute approximate surface area is 113 Å². The average Bonchev–Trinajstić information content (AvgIpc) is 2.39. The normalized spacial score (nSPS) is 21.2. The van der Waals surface area contributed by atoms with Crippen LogP contribution in [0.5, 0.6) is 0 Å². The van der Waals surface area contributed by atoms with Gasteiger partial charge in [0.05, 0.1) is 11.7 Å². The van der Waals surface area contributed by atoms with Gasteiger partial charge in [0.15, 0.2) is 0 Å². The fraction of sp³-hybridized carbons (Fsp3) is 0.462. The maximum atomic E-state index is 12.3. The van der Waals surface area contributed by atoms with Crippen molar-refractivity contribution < 1.29 is 13.2 Å². The molecule has 0 radical (unpaired) electrons. The van der Waals surface area contributed by atoms with Crippen LogP contribution in [-0.4, -0.2) is 31.7 Å². The topological polar surface area (TPSA) is 80.5 Å². The fourth-order valence-electron chi connectivity index (χ4n) is 2.30. The number of carbonyl (C=O) groups excluding carboxylic acids is 1. The molecule has 6 heteroatoms. The summed E-state index contributed by atoms with van der Waals surface area (Å²) < 4.78 is 26.0. The van der Waals surface area contributed by atoms with Crippen LogP contribution >= 0.6 is 0 Å². The van der Waals surface area contributed by atoms with Crippen LogP contribution in [-0.2, 0) is 20.6 Å². The number of nitrogens with two attached hydrogens (primary N) is 1. The highest BCUT2D eigenvalue weighted by molar-refractivity contribution is 7.88. The molecule has 19 heavy (non-hydrogen) atoms. The van der Waals surface area contributed by atoms with Crippen LogP contribution in [0, 0.1) is 5.92 Å². The van der Waals surface area contributed by atoms with Crippen molar-refractivity contribution in [1.82, 2.24) is 4.31 Å². The second-order valence-corrected chi connectivity index (χ2v) is 6.81. The van der Waals surface area contributed by atoms with Crippen molar-refractivity contribution in [2.45, 2.75) is 18.6 Å². The van der Waals surface area contributed by atoms with E-state index in [1.54, 1.807) is 12.1 Å². The lowest BCUT2D eigenvalue weighted by atomic mass is 9.99. The van der Waals surface area contributed by atoms with Crippen molar-refractivity contribution in [3.63, 3.8) is 0 Å². The van der Waals surface area contributed by atoms with Gasteiger partial charge in [-0.2, -0.15) is 0 Å². The molecule has 0 bridgehead atoms. The zero-order chi connectivity index (χ0) is 13.9. The average molecular weight is 282 g/mol. The van der Waals surface area contributed by atoms with Crippen LogP contribution in [0.4, 0.5) is 0 Å². The SMILES string of the molecule is NC(=O)C1CCCN(S(=O)(=O)Cc2ccccc2)C1. The summed E-state index contributed by atoms with van der Waals surface area (Å²) in [5.41, 5.74) is 6.02. The van der Waals surface area contributed by atoms with Crippen LogP contribution in [0.2, 0.25) is 0 Å². The number of amides is 1. The van der Waals surface area contributed by atoms with Crippen LogP contribution in [0.15, 0.2) is 30.3 Å². The second kappa shape index (κ2) is 5.71. The van der Waals surface area contributed by atoms with Gasteiger partial charge in [0, 0.05) is 13.1 Å². The summed E-state index contributed by atoms with van der Waals surface area (Å²) in [4.78, 5) is 11.2. The Morgan fingerprint density at radius 2 is 2.00 bits per heavy atom. The second-order valence-electron chi connectivity index (χ2n) is 4.84. The molecule has 1 saturated heterocycles. The van der Waals surface area contributed by atoms with Gasteiger partial charge in [-0.3, -0.25) is 4.79 Å². The minimum atomic E-state index is -3.38. The molecule has 1 unspecified atom stereocenters. The molecule has 1 aliphatic heterocycles. The molecule has 1 aromatic rings. The Morgan fingerprint density at radius 3 is 2.63 bits per heavy atom. The lowest BCUT2D eigenvalue weighted by molar-refractivity contribution is -0.122. The molecule has 0 aliphatic carbocycles. The maximum absolute atomic E-state index is 12.3. The zero-order valence-electron chi connectivity index (χ0n) is 10.7. The Morgan fingerprint density at radius 1 is 1.32 bits per heavy atom. The van der Waals surface area contributed by atoms with Gasteiger partial charge in [0.2, 0.25) is 15.9 Å². The van der Waals surface area contributed by atoms with E-state index in [1.807, 2.05) is 18.2 Å². The molecule has 1 heterocycles. The number of hydrogen-bond donors (Lipinski definition) is 1. The van der Waals surface area contributed by atoms with Crippen molar-refractivity contribution >= 4 is 15.9 Å². The molecule has 0 aromatic heterocycles. The first-order valence-electron chi connectivity index (χ1n) is 6.30. The Balaban J connectivity index is 2.09. The Kier molecular flexibility index (Phi) is 4.21. The number of nitrogens with zero attached hydrogens (tertiary/aromatic N) is 1. The monoisotopic (exact) mass is 282 g/mol. The minimum absolute atomic E-state index is 0.0285. The van der Waals surface area contributed by atoms with Gasteiger partial charge >= 0.3 is 0 Å². The van der Waals surface area contributed by atoms with Crippen molar-refractivity contribution in [3.05, 3.63) is 35.9 Å². The molecule has 2 rings (SSSR count). The molecule has 1 aliphatic rings. The lowest BCUT2D eigenvalue weighted by Gasteiger charge is -2.30. The van der Waals surface area contributed by atoms with E-state index in [2.05, 4.69) is 0 Å². The maximum Gasteiger partial charge on any atom is 0.221 e. The van der Waals surface area contributed by atoms with Gasteiger partial charge in [0.1, 0.15) is 0 Å². The number of hydrogen-bond acceptors (Lipinski definition) is 3. The third kappa shape index (κ3) is 3.54. The third-order valence-corrected chi connectivity index (χ3v) is 5.19. The summed E-state index contributed by atoms with van der Waals surface area (Å²) in [6.45, 7) is 0.684. The minimum Gasteiger partial charge on any atom is -0.369 e. The van der Waals surface area contributed by atoms with Crippen molar-refractivity contribution in [3.8, 4) is 0 Å². The predicted molar refractivity (Wildman–Crippen MR) is 72.6 cm³/mol. The smallest absolute Gasteiger partial charge is 0.221 e. The summed E-state index contributed by atoms with van der Waals surface area (Å²) in [6, 6.07) is 9.04. The summed E-state index contributed by atoms with van der Waals surface area (Å²) >= 11 is 0. The predicted octanol–water partition coefficient (Wildman–Crippen LogP) is 0.714. The van der Waals surface area contributed by atoms with Crippen LogP contribution < -0.4 is 5.73 Å². The van der Waals surface area contributed by atoms with E-state index in [0.29, 0.717) is 19.4 Å². The van der Waals surface area contributed by atoms with Gasteiger partial charge in [-0.25, -0.2) is 12.7 Å².